The SMILES string of the molecule is CN=C(NCc1ccsc1)NCC1(c2cccc(Cl)c2)CCOCC1.I. The van der Waals surface area contributed by atoms with E-state index in [0.29, 0.717) is 0 Å². The summed E-state index contributed by atoms with van der Waals surface area (Å²) in [6.07, 6.45) is 1.95. The highest BCUT2D eigenvalue weighted by molar-refractivity contribution is 14.0. The molecule has 4 nitrogen and oxygen atoms in total. The normalized spacial score (nSPS) is 16.6. The lowest BCUT2D eigenvalue weighted by Gasteiger charge is -2.38. The van der Waals surface area contributed by atoms with E-state index >= 15 is 0 Å². The van der Waals surface area contributed by atoms with E-state index in [2.05, 4.69) is 44.6 Å². The maximum Gasteiger partial charge on any atom is 0.191 e. The first kappa shape index (κ1) is 21.5. The lowest BCUT2D eigenvalue weighted by molar-refractivity contribution is 0.0514. The van der Waals surface area contributed by atoms with Crippen LogP contribution in [0.15, 0.2) is 46.1 Å². The Morgan fingerprint density at radius 1 is 1.27 bits per heavy atom. The fourth-order valence-corrected chi connectivity index (χ4v) is 4.06. The molecule has 0 unspecified atom stereocenters. The van der Waals surface area contributed by atoms with Crippen LogP contribution in [0, 0.1) is 0 Å². The maximum atomic E-state index is 6.24. The molecule has 1 aliphatic rings. The summed E-state index contributed by atoms with van der Waals surface area (Å²) in [5.41, 5.74) is 2.55. The number of nitrogens with zero attached hydrogens (tertiary/aromatic N) is 1. The summed E-state index contributed by atoms with van der Waals surface area (Å²) in [6, 6.07) is 10.3. The van der Waals surface area contributed by atoms with Crippen molar-refractivity contribution in [2.24, 2.45) is 4.99 Å². The van der Waals surface area contributed by atoms with Gasteiger partial charge in [-0.15, -0.1) is 24.0 Å². The molecule has 0 amide bonds. The Balaban J connectivity index is 0.00000243. The maximum absolute atomic E-state index is 6.24. The molecular weight excluding hydrogens is 481 g/mol. The van der Waals surface area contributed by atoms with Crippen LogP contribution in [0.1, 0.15) is 24.0 Å². The number of halogens is 2. The van der Waals surface area contributed by atoms with Crippen LogP contribution in [0.3, 0.4) is 0 Å². The van der Waals surface area contributed by atoms with Gasteiger partial charge in [-0.25, -0.2) is 0 Å². The average molecular weight is 506 g/mol. The summed E-state index contributed by atoms with van der Waals surface area (Å²) in [5, 5.41) is 11.9. The van der Waals surface area contributed by atoms with Crippen molar-refractivity contribution in [1.29, 1.82) is 0 Å². The molecule has 0 atom stereocenters. The molecular formula is C19H25ClIN3OS. The number of rotatable bonds is 5. The highest BCUT2D eigenvalue weighted by Crippen LogP contribution is 2.35. The molecule has 3 rings (SSSR count). The predicted octanol–water partition coefficient (Wildman–Crippen LogP) is 4.43. The number of nitrogens with one attached hydrogen (secondary N) is 2. The largest absolute Gasteiger partial charge is 0.381 e. The Bertz CT molecular complexity index is 703. The van der Waals surface area contributed by atoms with E-state index in [1.54, 1.807) is 18.4 Å². The quantitative estimate of drug-likeness (QED) is 0.359. The molecule has 1 saturated heterocycles. The molecule has 2 heterocycles. The third kappa shape index (κ3) is 5.58. The van der Waals surface area contributed by atoms with E-state index in [1.165, 1.54) is 11.1 Å². The van der Waals surface area contributed by atoms with Crippen LogP contribution in [0.2, 0.25) is 5.02 Å². The van der Waals surface area contributed by atoms with Crippen molar-refractivity contribution in [3.05, 3.63) is 57.2 Å². The van der Waals surface area contributed by atoms with Gasteiger partial charge in [-0.3, -0.25) is 4.99 Å². The molecule has 1 fully saturated rings. The highest BCUT2D eigenvalue weighted by Gasteiger charge is 2.34. The van der Waals surface area contributed by atoms with Gasteiger partial charge in [0.1, 0.15) is 0 Å². The first-order valence-corrected chi connectivity index (χ1v) is 9.83. The molecule has 26 heavy (non-hydrogen) atoms. The third-order valence-electron chi connectivity index (χ3n) is 4.74. The Kier molecular flexibility index (Phi) is 8.66. The topological polar surface area (TPSA) is 45.7 Å². The van der Waals surface area contributed by atoms with Crippen molar-refractivity contribution in [3.63, 3.8) is 0 Å². The molecule has 1 aromatic carbocycles. The third-order valence-corrected chi connectivity index (χ3v) is 5.71. The number of aliphatic imine (C=N–C) groups is 1. The van der Waals surface area contributed by atoms with Gasteiger partial charge < -0.3 is 15.4 Å². The van der Waals surface area contributed by atoms with Crippen molar-refractivity contribution in [3.8, 4) is 0 Å². The lowest BCUT2D eigenvalue weighted by Crippen LogP contribution is -2.47. The molecule has 7 heteroatoms. The lowest BCUT2D eigenvalue weighted by atomic mass is 9.74. The summed E-state index contributed by atoms with van der Waals surface area (Å²) >= 11 is 7.94. The van der Waals surface area contributed by atoms with Crippen LogP contribution >= 0.6 is 46.9 Å². The van der Waals surface area contributed by atoms with Gasteiger partial charge >= 0.3 is 0 Å². The minimum Gasteiger partial charge on any atom is -0.381 e. The van der Waals surface area contributed by atoms with E-state index in [1.807, 2.05) is 12.1 Å². The molecule has 0 aliphatic carbocycles. The Morgan fingerprint density at radius 2 is 2.08 bits per heavy atom. The zero-order valence-electron chi connectivity index (χ0n) is 14.8. The van der Waals surface area contributed by atoms with E-state index in [4.69, 9.17) is 16.3 Å². The minimum absolute atomic E-state index is 0. The Hall–Kier alpha value is -0.830. The van der Waals surface area contributed by atoms with Crippen LogP contribution in [-0.4, -0.2) is 32.8 Å². The molecule has 0 saturated carbocycles. The number of hydrogen-bond donors (Lipinski definition) is 2. The van der Waals surface area contributed by atoms with Gasteiger partial charge in [0.05, 0.1) is 0 Å². The second-order valence-corrected chi connectivity index (χ2v) is 7.53. The molecule has 0 radical (unpaired) electrons. The van der Waals surface area contributed by atoms with Crippen LogP contribution < -0.4 is 10.6 Å². The monoisotopic (exact) mass is 505 g/mol. The number of hydrogen-bond acceptors (Lipinski definition) is 3. The van der Waals surface area contributed by atoms with E-state index in [-0.39, 0.29) is 29.4 Å². The fourth-order valence-electron chi connectivity index (χ4n) is 3.20. The van der Waals surface area contributed by atoms with Crippen molar-refractivity contribution < 1.29 is 4.74 Å². The van der Waals surface area contributed by atoms with Crippen LogP contribution in [0.5, 0.6) is 0 Å². The molecule has 2 aromatic rings. The van der Waals surface area contributed by atoms with E-state index in [9.17, 15) is 0 Å². The predicted molar refractivity (Wildman–Crippen MR) is 121 cm³/mol. The summed E-state index contributed by atoms with van der Waals surface area (Å²) in [6.45, 7) is 3.13. The van der Waals surface area contributed by atoms with Gasteiger partial charge in [0.15, 0.2) is 5.96 Å². The second-order valence-electron chi connectivity index (χ2n) is 6.31. The van der Waals surface area contributed by atoms with Crippen molar-refractivity contribution >= 4 is 52.9 Å². The number of ether oxygens (including phenoxy) is 1. The molecule has 0 spiro atoms. The number of guanidine groups is 1. The van der Waals surface area contributed by atoms with Crippen molar-refractivity contribution in [1.82, 2.24) is 10.6 Å². The van der Waals surface area contributed by atoms with Crippen LogP contribution in [0.4, 0.5) is 0 Å². The van der Waals surface area contributed by atoms with Crippen molar-refractivity contribution in [2.45, 2.75) is 24.8 Å². The zero-order chi connectivity index (χ0) is 17.5. The van der Waals surface area contributed by atoms with E-state index in [0.717, 1.165) is 50.1 Å². The Labute approximate surface area is 181 Å². The molecule has 2 N–H and O–H groups in total. The first-order chi connectivity index (χ1) is 12.2. The average Bonchev–Trinajstić information content (AvgIpc) is 3.16. The summed E-state index contributed by atoms with van der Waals surface area (Å²) in [5.74, 6) is 0.819. The van der Waals surface area contributed by atoms with Gasteiger partial charge in [0.25, 0.3) is 0 Å². The first-order valence-electron chi connectivity index (χ1n) is 8.51. The summed E-state index contributed by atoms with van der Waals surface area (Å²) < 4.78 is 5.60. The van der Waals surface area contributed by atoms with Gasteiger partial charge in [-0.2, -0.15) is 11.3 Å². The van der Waals surface area contributed by atoms with Gasteiger partial charge in [0.2, 0.25) is 0 Å². The minimum atomic E-state index is 0. The van der Waals surface area contributed by atoms with Crippen LogP contribution in [-0.2, 0) is 16.7 Å². The number of benzene rings is 1. The Morgan fingerprint density at radius 3 is 2.73 bits per heavy atom. The van der Waals surface area contributed by atoms with Crippen molar-refractivity contribution in [2.75, 3.05) is 26.8 Å². The van der Waals surface area contributed by atoms with Crippen LogP contribution in [0.25, 0.3) is 0 Å². The molecule has 1 aromatic heterocycles. The standard InChI is InChI=1S/C19H24ClN3OS.HI/c1-21-18(22-12-15-5-10-25-13-15)23-14-19(6-8-24-9-7-19)16-3-2-4-17(20)11-16;/h2-5,10-11,13H,6-9,12,14H2,1H3,(H2,21,22,23);1H. The molecule has 142 valence electrons. The highest BCUT2D eigenvalue weighted by atomic mass is 127. The fraction of sp³-hybridized carbons (Fsp3) is 0.421. The molecule has 0 bridgehead atoms. The summed E-state index contributed by atoms with van der Waals surface area (Å²) in [7, 11) is 1.80. The number of thiophene rings is 1. The van der Waals surface area contributed by atoms with Gasteiger partial charge in [-0.05, 0) is 52.9 Å². The van der Waals surface area contributed by atoms with E-state index < -0.39 is 0 Å². The smallest absolute Gasteiger partial charge is 0.191 e. The van der Waals surface area contributed by atoms with Gasteiger partial charge in [-0.1, -0.05) is 23.7 Å². The van der Waals surface area contributed by atoms with Gasteiger partial charge in [0, 0.05) is 43.8 Å². The second kappa shape index (κ2) is 10.5. The summed E-state index contributed by atoms with van der Waals surface area (Å²) in [4.78, 5) is 4.35. The molecule has 1 aliphatic heterocycles. The zero-order valence-corrected chi connectivity index (χ0v) is 18.7.